The summed E-state index contributed by atoms with van der Waals surface area (Å²) in [5, 5.41) is 0.996. The molecule has 2 aromatic carbocycles. The van der Waals surface area contributed by atoms with Crippen LogP contribution in [0.1, 0.15) is 42.0 Å². The number of methoxy groups -OCH3 is 1. The van der Waals surface area contributed by atoms with Crippen LogP contribution in [0, 0.1) is 0 Å². The van der Waals surface area contributed by atoms with E-state index in [-0.39, 0.29) is 24.4 Å². The number of carbonyl (C=O) groups excluding carboxylic acids is 1. The smallest absolute Gasteiger partial charge is 0.227 e. The predicted molar refractivity (Wildman–Crippen MR) is 129 cm³/mol. The molecule has 0 radical (unpaired) electrons. The van der Waals surface area contributed by atoms with Crippen molar-refractivity contribution in [1.29, 1.82) is 0 Å². The fourth-order valence-electron chi connectivity index (χ4n) is 4.72. The lowest BCUT2D eigenvalue weighted by Crippen LogP contribution is -2.46. The first-order valence-corrected chi connectivity index (χ1v) is 11.4. The molecule has 0 spiro atoms. The van der Waals surface area contributed by atoms with Gasteiger partial charge >= 0.3 is 0 Å². The fourth-order valence-corrected chi connectivity index (χ4v) is 5.04. The van der Waals surface area contributed by atoms with E-state index in [9.17, 15) is 4.79 Å². The summed E-state index contributed by atoms with van der Waals surface area (Å²) < 4.78 is 5.62. The summed E-state index contributed by atoms with van der Waals surface area (Å²) in [5.41, 5.74) is 3.34. The minimum absolute atomic E-state index is 0. The molecule has 1 amide bonds. The molecule has 2 aromatic rings. The molecule has 0 aromatic heterocycles. The van der Waals surface area contributed by atoms with Crippen molar-refractivity contribution in [2.24, 2.45) is 0 Å². The average molecular weight is 484 g/mol. The third-order valence-electron chi connectivity index (χ3n) is 6.27. The Bertz CT molecular complexity index is 916. The average Bonchev–Trinajstić information content (AvgIpc) is 2.76. The summed E-state index contributed by atoms with van der Waals surface area (Å²) in [6, 6.07) is 11.7. The van der Waals surface area contributed by atoms with Gasteiger partial charge in [0.1, 0.15) is 5.75 Å². The van der Waals surface area contributed by atoms with Gasteiger partial charge in [0.2, 0.25) is 5.91 Å². The maximum atomic E-state index is 13.4. The molecule has 0 bridgehead atoms. The number of ether oxygens (including phenoxy) is 1. The van der Waals surface area contributed by atoms with Crippen LogP contribution in [0.2, 0.25) is 10.0 Å². The quantitative estimate of drug-likeness (QED) is 0.557. The monoisotopic (exact) mass is 482 g/mol. The molecule has 4 nitrogen and oxygen atoms in total. The number of benzene rings is 2. The maximum absolute atomic E-state index is 13.4. The highest BCUT2D eigenvalue weighted by atomic mass is 35.5. The van der Waals surface area contributed by atoms with Gasteiger partial charge in [-0.2, -0.15) is 0 Å². The van der Waals surface area contributed by atoms with Crippen LogP contribution in [0.15, 0.2) is 36.4 Å². The van der Waals surface area contributed by atoms with E-state index in [1.165, 1.54) is 30.4 Å². The zero-order chi connectivity index (χ0) is 21.1. The third-order valence-corrected chi connectivity index (χ3v) is 7.01. The molecular weight excluding hydrogens is 455 g/mol. The van der Waals surface area contributed by atoms with Crippen LogP contribution in [-0.2, 0) is 17.6 Å². The van der Waals surface area contributed by atoms with E-state index in [0.29, 0.717) is 23.0 Å². The van der Waals surface area contributed by atoms with E-state index in [0.717, 1.165) is 37.4 Å². The second-order valence-electron chi connectivity index (χ2n) is 8.17. The van der Waals surface area contributed by atoms with Crippen molar-refractivity contribution in [3.8, 4) is 5.75 Å². The number of piperidine rings is 1. The Labute approximate surface area is 200 Å². The van der Waals surface area contributed by atoms with Gasteiger partial charge in [-0.1, -0.05) is 47.8 Å². The van der Waals surface area contributed by atoms with Gasteiger partial charge in [-0.3, -0.25) is 4.79 Å². The first-order valence-electron chi connectivity index (χ1n) is 10.7. The molecule has 4 rings (SSSR count). The molecule has 2 heterocycles. The lowest BCUT2D eigenvalue weighted by Gasteiger charge is -2.41. The summed E-state index contributed by atoms with van der Waals surface area (Å²) in [4.78, 5) is 17.9. The standard InChI is InChI=1S/C24H28Cl2N2O2.ClH/c1-30-23-7-5-6-18-19(23)10-13-28(22(18)16-27-11-3-2-4-12-27)24(29)15-17-8-9-20(25)21(26)14-17;/h5-9,14,22H,2-4,10-13,15-16H2,1H3;1H. The molecule has 0 saturated carbocycles. The van der Waals surface area contributed by atoms with E-state index in [2.05, 4.69) is 15.9 Å². The zero-order valence-corrected chi connectivity index (χ0v) is 20.1. The van der Waals surface area contributed by atoms with Crippen LogP contribution in [0.4, 0.5) is 0 Å². The van der Waals surface area contributed by atoms with Crippen LogP contribution in [-0.4, -0.2) is 49.0 Å². The molecule has 2 aliphatic rings. The van der Waals surface area contributed by atoms with Crippen molar-refractivity contribution in [2.45, 2.75) is 38.1 Å². The Balaban J connectivity index is 0.00000272. The molecule has 1 saturated heterocycles. The summed E-state index contributed by atoms with van der Waals surface area (Å²) >= 11 is 12.2. The largest absolute Gasteiger partial charge is 0.496 e. The van der Waals surface area contributed by atoms with Crippen LogP contribution in [0.3, 0.4) is 0 Å². The molecule has 168 valence electrons. The Morgan fingerprint density at radius 1 is 1.06 bits per heavy atom. The predicted octanol–water partition coefficient (Wildman–Crippen LogP) is 5.58. The number of carbonyl (C=O) groups is 1. The normalized spacial score (nSPS) is 18.8. The Hall–Kier alpha value is -1.46. The number of rotatable bonds is 5. The topological polar surface area (TPSA) is 32.8 Å². The molecule has 7 heteroatoms. The molecule has 1 fully saturated rings. The van der Waals surface area contributed by atoms with Crippen molar-refractivity contribution in [2.75, 3.05) is 33.3 Å². The number of likely N-dealkylation sites (tertiary alicyclic amines) is 1. The van der Waals surface area contributed by atoms with E-state index in [1.807, 2.05) is 18.2 Å². The highest BCUT2D eigenvalue weighted by Crippen LogP contribution is 2.36. The van der Waals surface area contributed by atoms with Crippen molar-refractivity contribution in [3.63, 3.8) is 0 Å². The minimum atomic E-state index is 0. The second-order valence-corrected chi connectivity index (χ2v) is 8.98. The SMILES string of the molecule is COc1cccc2c1CCN(C(=O)Cc1ccc(Cl)c(Cl)c1)C2CN1CCCCC1.Cl. The maximum Gasteiger partial charge on any atom is 0.227 e. The molecular formula is C24H29Cl3N2O2. The number of fused-ring (bicyclic) bond motifs is 1. The van der Waals surface area contributed by atoms with E-state index < -0.39 is 0 Å². The Morgan fingerprint density at radius 3 is 2.55 bits per heavy atom. The fraction of sp³-hybridized carbons (Fsp3) is 0.458. The van der Waals surface area contributed by atoms with Gasteiger partial charge in [-0.05, 0) is 61.7 Å². The first kappa shape index (κ1) is 24.2. The lowest BCUT2D eigenvalue weighted by atomic mass is 9.90. The van der Waals surface area contributed by atoms with Crippen LogP contribution >= 0.6 is 35.6 Å². The van der Waals surface area contributed by atoms with Crippen LogP contribution < -0.4 is 4.74 Å². The highest BCUT2D eigenvalue weighted by molar-refractivity contribution is 6.42. The summed E-state index contributed by atoms with van der Waals surface area (Å²) in [6.45, 7) is 3.77. The highest BCUT2D eigenvalue weighted by Gasteiger charge is 2.33. The molecule has 0 aliphatic carbocycles. The van der Waals surface area contributed by atoms with Gasteiger partial charge in [-0.15, -0.1) is 12.4 Å². The summed E-state index contributed by atoms with van der Waals surface area (Å²) in [5.74, 6) is 1.05. The molecule has 1 unspecified atom stereocenters. The van der Waals surface area contributed by atoms with Crippen molar-refractivity contribution in [1.82, 2.24) is 9.80 Å². The van der Waals surface area contributed by atoms with E-state index >= 15 is 0 Å². The van der Waals surface area contributed by atoms with E-state index in [1.54, 1.807) is 19.2 Å². The summed E-state index contributed by atoms with van der Waals surface area (Å²) in [6.07, 6.45) is 4.89. The lowest BCUT2D eigenvalue weighted by molar-refractivity contribution is -0.134. The second kappa shape index (κ2) is 10.9. The van der Waals surface area contributed by atoms with E-state index in [4.69, 9.17) is 27.9 Å². The summed E-state index contributed by atoms with van der Waals surface area (Å²) in [7, 11) is 1.72. The van der Waals surface area contributed by atoms with Gasteiger partial charge in [0.05, 0.1) is 29.6 Å². The van der Waals surface area contributed by atoms with Gasteiger partial charge in [0.25, 0.3) is 0 Å². The molecule has 31 heavy (non-hydrogen) atoms. The molecule has 1 atom stereocenters. The minimum Gasteiger partial charge on any atom is -0.496 e. The van der Waals surface area contributed by atoms with Crippen molar-refractivity contribution in [3.05, 3.63) is 63.1 Å². The number of amides is 1. The Kier molecular flexibility index (Phi) is 8.51. The zero-order valence-electron chi connectivity index (χ0n) is 17.8. The van der Waals surface area contributed by atoms with Gasteiger partial charge in [0.15, 0.2) is 0 Å². The number of hydrogen-bond acceptors (Lipinski definition) is 3. The third kappa shape index (κ3) is 5.48. The van der Waals surface area contributed by atoms with Crippen LogP contribution in [0.25, 0.3) is 0 Å². The van der Waals surface area contributed by atoms with Gasteiger partial charge < -0.3 is 14.5 Å². The van der Waals surface area contributed by atoms with Gasteiger partial charge in [-0.25, -0.2) is 0 Å². The number of hydrogen-bond donors (Lipinski definition) is 0. The Morgan fingerprint density at radius 2 is 1.84 bits per heavy atom. The first-order chi connectivity index (χ1) is 14.6. The van der Waals surface area contributed by atoms with Crippen LogP contribution in [0.5, 0.6) is 5.75 Å². The number of halogens is 3. The molecule has 0 N–H and O–H groups in total. The molecule has 2 aliphatic heterocycles. The van der Waals surface area contributed by atoms with Gasteiger partial charge in [0, 0.05) is 18.7 Å². The van der Waals surface area contributed by atoms with Crippen molar-refractivity contribution >= 4 is 41.5 Å². The van der Waals surface area contributed by atoms with Crippen molar-refractivity contribution < 1.29 is 9.53 Å². The number of nitrogens with zero attached hydrogens (tertiary/aromatic N) is 2.